The molecule has 1 N–H and O–H groups in total. The van der Waals surface area contributed by atoms with Crippen LogP contribution >= 0.6 is 0 Å². The molecule has 0 amide bonds. The van der Waals surface area contributed by atoms with Crippen molar-refractivity contribution in [3.8, 4) is 0 Å². The molecule has 0 aromatic heterocycles. The van der Waals surface area contributed by atoms with Gasteiger partial charge < -0.3 is 5.11 Å². The molecule has 1 atom stereocenters. The van der Waals surface area contributed by atoms with Crippen LogP contribution in [0, 0.1) is 18.6 Å². The quantitative estimate of drug-likeness (QED) is 0.786. The monoisotopic (exact) mass is 240 g/mol. The maximum Gasteiger partial charge on any atom is 0.391 e. The van der Waals surface area contributed by atoms with Gasteiger partial charge in [0.1, 0.15) is 11.6 Å². The third-order valence-electron chi connectivity index (χ3n) is 2.08. The number of hydrogen-bond acceptors (Lipinski definition) is 1. The number of rotatable bonds is 2. The minimum Gasteiger partial charge on any atom is -0.388 e. The zero-order chi connectivity index (χ0) is 12.5. The molecule has 0 heterocycles. The second-order valence-electron chi connectivity index (χ2n) is 3.43. The van der Waals surface area contributed by atoms with E-state index in [9.17, 15) is 22.0 Å². The first-order valence-corrected chi connectivity index (χ1v) is 4.41. The molecule has 0 aliphatic carbocycles. The van der Waals surface area contributed by atoms with Crippen LogP contribution in [0.15, 0.2) is 12.1 Å². The van der Waals surface area contributed by atoms with E-state index in [4.69, 9.17) is 5.11 Å². The molecule has 16 heavy (non-hydrogen) atoms. The summed E-state index contributed by atoms with van der Waals surface area (Å²) in [5.74, 6) is -2.32. The van der Waals surface area contributed by atoms with Crippen LogP contribution in [-0.4, -0.2) is 11.3 Å². The van der Waals surface area contributed by atoms with E-state index >= 15 is 0 Å². The fourth-order valence-electron chi connectivity index (χ4n) is 1.31. The summed E-state index contributed by atoms with van der Waals surface area (Å²) in [6, 6.07) is 1.92. The number of alkyl halides is 3. The fourth-order valence-corrected chi connectivity index (χ4v) is 1.31. The third kappa shape index (κ3) is 2.91. The predicted octanol–water partition coefficient (Wildman–Crippen LogP) is 3.26. The number of halogens is 5. The Morgan fingerprint density at radius 1 is 1.25 bits per heavy atom. The first-order valence-electron chi connectivity index (χ1n) is 4.41. The lowest BCUT2D eigenvalue weighted by molar-refractivity contribution is -0.154. The molecule has 1 aromatic carbocycles. The van der Waals surface area contributed by atoms with E-state index < -0.39 is 35.9 Å². The van der Waals surface area contributed by atoms with Crippen molar-refractivity contribution in [3.05, 3.63) is 34.9 Å². The van der Waals surface area contributed by atoms with Crippen molar-refractivity contribution in [3.63, 3.8) is 0 Å². The average molecular weight is 240 g/mol. The number of benzene rings is 1. The van der Waals surface area contributed by atoms with Crippen molar-refractivity contribution >= 4 is 0 Å². The van der Waals surface area contributed by atoms with Crippen LogP contribution in [0.4, 0.5) is 22.0 Å². The summed E-state index contributed by atoms with van der Waals surface area (Å²) in [5, 5.41) is 9.14. The molecular formula is C10H9F5O. The highest BCUT2D eigenvalue weighted by Gasteiger charge is 2.34. The van der Waals surface area contributed by atoms with Crippen molar-refractivity contribution in [1.82, 2.24) is 0 Å². The molecule has 1 nitrogen and oxygen atoms in total. The van der Waals surface area contributed by atoms with Gasteiger partial charge in [-0.3, -0.25) is 0 Å². The number of aliphatic hydroxyl groups is 1. The Hall–Kier alpha value is -1.17. The van der Waals surface area contributed by atoms with Gasteiger partial charge in [0.2, 0.25) is 0 Å². The van der Waals surface area contributed by atoms with Crippen LogP contribution in [0.5, 0.6) is 0 Å². The maximum absolute atomic E-state index is 13.3. The second kappa shape index (κ2) is 4.37. The standard InChI is InChI=1S/C10H9F5O/c1-5-2-3-6(11)8(9(5)12)7(16)4-10(13,14)15/h2-3,7,16H,4H2,1H3. The van der Waals surface area contributed by atoms with Crippen molar-refractivity contribution in [2.24, 2.45) is 0 Å². The van der Waals surface area contributed by atoms with Crippen molar-refractivity contribution in [2.45, 2.75) is 25.6 Å². The predicted molar refractivity (Wildman–Crippen MR) is 46.7 cm³/mol. The van der Waals surface area contributed by atoms with E-state index in [1.807, 2.05) is 0 Å². The number of aryl methyl sites for hydroxylation is 1. The number of hydrogen-bond donors (Lipinski definition) is 1. The van der Waals surface area contributed by atoms with Gasteiger partial charge in [-0.25, -0.2) is 8.78 Å². The topological polar surface area (TPSA) is 20.2 Å². The molecule has 0 bridgehead atoms. The van der Waals surface area contributed by atoms with Gasteiger partial charge in [-0.05, 0) is 18.6 Å². The Kier molecular flexibility index (Phi) is 3.52. The van der Waals surface area contributed by atoms with E-state index in [1.54, 1.807) is 0 Å². The van der Waals surface area contributed by atoms with Crippen LogP contribution in [0.25, 0.3) is 0 Å². The molecule has 0 spiro atoms. The van der Waals surface area contributed by atoms with Gasteiger partial charge in [-0.2, -0.15) is 13.2 Å². The molecule has 90 valence electrons. The highest BCUT2D eigenvalue weighted by atomic mass is 19.4. The molecule has 0 radical (unpaired) electrons. The SMILES string of the molecule is Cc1ccc(F)c(C(O)CC(F)(F)F)c1F. The van der Waals surface area contributed by atoms with Crippen LogP contribution in [0.2, 0.25) is 0 Å². The molecule has 0 saturated heterocycles. The summed E-state index contributed by atoms with van der Waals surface area (Å²) in [5.41, 5.74) is -0.949. The molecule has 0 saturated carbocycles. The van der Waals surface area contributed by atoms with Gasteiger partial charge in [0.25, 0.3) is 0 Å². The number of aliphatic hydroxyl groups excluding tert-OH is 1. The Morgan fingerprint density at radius 3 is 2.31 bits per heavy atom. The third-order valence-corrected chi connectivity index (χ3v) is 2.08. The zero-order valence-electron chi connectivity index (χ0n) is 8.28. The summed E-state index contributed by atoms with van der Waals surface area (Å²) in [7, 11) is 0. The van der Waals surface area contributed by atoms with E-state index in [0.29, 0.717) is 0 Å². The highest BCUT2D eigenvalue weighted by molar-refractivity contribution is 5.28. The lowest BCUT2D eigenvalue weighted by Gasteiger charge is -2.15. The zero-order valence-corrected chi connectivity index (χ0v) is 8.28. The van der Waals surface area contributed by atoms with Gasteiger partial charge >= 0.3 is 6.18 Å². The Morgan fingerprint density at radius 2 is 1.81 bits per heavy atom. The largest absolute Gasteiger partial charge is 0.391 e. The van der Waals surface area contributed by atoms with Gasteiger partial charge in [0.15, 0.2) is 0 Å². The minimum absolute atomic E-state index is 0.0161. The maximum atomic E-state index is 13.3. The van der Waals surface area contributed by atoms with E-state index in [0.717, 1.165) is 12.1 Å². The van der Waals surface area contributed by atoms with Gasteiger partial charge in [0, 0.05) is 0 Å². The molecule has 0 aliphatic rings. The average Bonchev–Trinajstić information content (AvgIpc) is 2.09. The Bertz CT molecular complexity index is 386. The molecular weight excluding hydrogens is 231 g/mol. The first kappa shape index (κ1) is 12.9. The van der Waals surface area contributed by atoms with Gasteiger partial charge in [-0.15, -0.1) is 0 Å². The molecule has 6 heteroatoms. The first-order chi connectivity index (χ1) is 7.22. The van der Waals surface area contributed by atoms with E-state index in [1.165, 1.54) is 6.92 Å². The molecule has 0 aliphatic heterocycles. The molecule has 1 aromatic rings. The summed E-state index contributed by atoms with van der Waals surface area (Å²) in [6.07, 6.45) is -8.58. The van der Waals surface area contributed by atoms with Crippen molar-refractivity contribution < 1.29 is 27.1 Å². The molecule has 1 unspecified atom stereocenters. The van der Waals surface area contributed by atoms with Crippen molar-refractivity contribution in [1.29, 1.82) is 0 Å². The van der Waals surface area contributed by atoms with Crippen LogP contribution < -0.4 is 0 Å². The van der Waals surface area contributed by atoms with Crippen LogP contribution in [0.3, 0.4) is 0 Å². The Balaban J connectivity index is 3.08. The summed E-state index contributed by atoms with van der Waals surface area (Å²) >= 11 is 0. The fraction of sp³-hybridized carbons (Fsp3) is 0.400. The smallest absolute Gasteiger partial charge is 0.388 e. The molecule has 0 fully saturated rings. The Labute approximate surface area is 88.5 Å². The second-order valence-corrected chi connectivity index (χ2v) is 3.43. The molecule has 1 rings (SSSR count). The van der Waals surface area contributed by atoms with Crippen LogP contribution in [0.1, 0.15) is 23.7 Å². The normalized spacial score (nSPS) is 13.9. The van der Waals surface area contributed by atoms with Gasteiger partial charge in [-0.1, -0.05) is 6.07 Å². The van der Waals surface area contributed by atoms with E-state index in [2.05, 4.69) is 0 Å². The van der Waals surface area contributed by atoms with E-state index in [-0.39, 0.29) is 5.56 Å². The minimum atomic E-state index is -4.68. The lowest BCUT2D eigenvalue weighted by atomic mass is 10.0. The lowest BCUT2D eigenvalue weighted by Crippen LogP contribution is -2.16. The summed E-state index contributed by atoms with van der Waals surface area (Å²) in [6.45, 7) is 1.28. The summed E-state index contributed by atoms with van der Waals surface area (Å²) < 4.78 is 62.3. The highest BCUT2D eigenvalue weighted by Crippen LogP contribution is 2.32. The van der Waals surface area contributed by atoms with Gasteiger partial charge in [0.05, 0.1) is 18.1 Å². The van der Waals surface area contributed by atoms with Crippen molar-refractivity contribution in [2.75, 3.05) is 0 Å². The van der Waals surface area contributed by atoms with Crippen LogP contribution in [-0.2, 0) is 0 Å². The summed E-state index contributed by atoms with van der Waals surface area (Å²) in [4.78, 5) is 0.